The minimum Gasteiger partial charge on any atom is -0.469 e. The lowest BCUT2D eigenvalue weighted by atomic mass is 10.1. The van der Waals surface area contributed by atoms with E-state index in [0.29, 0.717) is 12.5 Å². The first kappa shape index (κ1) is 15.5. The number of rotatable bonds is 6. The summed E-state index contributed by atoms with van der Waals surface area (Å²) < 4.78 is 4.65. The first-order valence-corrected chi connectivity index (χ1v) is 7.05. The largest absolute Gasteiger partial charge is 0.469 e. The van der Waals surface area contributed by atoms with Crippen LogP contribution in [0.15, 0.2) is 17.5 Å². The highest BCUT2D eigenvalue weighted by Crippen LogP contribution is 2.22. The monoisotopic (exact) mass is 284 g/mol. The average Bonchev–Trinajstić information content (AvgIpc) is 2.89. The van der Waals surface area contributed by atoms with Gasteiger partial charge in [0.05, 0.1) is 19.6 Å². The summed E-state index contributed by atoms with van der Waals surface area (Å²) in [6.45, 7) is 4.64. The number of urea groups is 1. The molecule has 0 aromatic carbocycles. The second-order valence-electron chi connectivity index (χ2n) is 4.60. The molecule has 0 aliphatic carbocycles. The number of methoxy groups -OCH3 is 1. The number of amides is 2. The van der Waals surface area contributed by atoms with E-state index in [1.165, 1.54) is 18.4 Å². The zero-order valence-corrected chi connectivity index (χ0v) is 12.3. The topological polar surface area (TPSA) is 67.4 Å². The van der Waals surface area contributed by atoms with Gasteiger partial charge in [0.2, 0.25) is 0 Å². The Morgan fingerprint density at radius 3 is 2.68 bits per heavy atom. The van der Waals surface area contributed by atoms with Crippen LogP contribution in [0, 0.1) is 5.92 Å². The van der Waals surface area contributed by atoms with Gasteiger partial charge in [-0.15, -0.1) is 11.3 Å². The van der Waals surface area contributed by atoms with Crippen molar-refractivity contribution >= 4 is 23.3 Å². The molecule has 1 heterocycles. The summed E-state index contributed by atoms with van der Waals surface area (Å²) >= 11 is 1.50. The third-order valence-electron chi connectivity index (χ3n) is 2.46. The molecule has 2 amide bonds. The van der Waals surface area contributed by atoms with Crippen LogP contribution in [0.2, 0.25) is 0 Å². The summed E-state index contributed by atoms with van der Waals surface area (Å²) in [6, 6.07) is 3.16. The van der Waals surface area contributed by atoms with Crippen LogP contribution in [0.3, 0.4) is 0 Å². The molecule has 0 bridgehead atoms. The summed E-state index contributed by atoms with van der Waals surface area (Å²) in [6.07, 6.45) is 0.131. The fourth-order valence-corrected chi connectivity index (χ4v) is 2.25. The molecule has 1 rings (SSSR count). The molecule has 5 nitrogen and oxygen atoms in total. The Balaban J connectivity index is 2.59. The van der Waals surface area contributed by atoms with Gasteiger partial charge >= 0.3 is 12.0 Å². The number of ether oxygens (including phenoxy) is 1. The third kappa shape index (κ3) is 5.74. The van der Waals surface area contributed by atoms with E-state index in [-0.39, 0.29) is 24.5 Å². The first-order valence-electron chi connectivity index (χ1n) is 6.17. The van der Waals surface area contributed by atoms with Gasteiger partial charge < -0.3 is 15.4 Å². The van der Waals surface area contributed by atoms with Crippen molar-refractivity contribution in [3.8, 4) is 0 Å². The van der Waals surface area contributed by atoms with E-state index < -0.39 is 0 Å². The molecular formula is C13H20N2O3S. The second-order valence-corrected chi connectivity index (χ2v) is 5.58. The zero-order valence-electron chi connectivity index (χ0n) is 11.4. The van der Waals surface area contributed by atoms with Crippen LogP contribution in [0.5, 0.6) is 0 Å². The van der Waals surface area contributed by atoms with E-state index in [4.69, 9.17) is 0 Å². The van der Waals surface area contributed by atoms with Crippen molar-refractivity contribution in [2.45, 2.75) is 26.3 Å². The zero-order chi connectivity index (χ0) is 14.3. The molecule has 0 spiro atoms. The van der Waals surface area contributed by atoms with Crippen LogP contribution in [0.1, 0.15) is 31.2 Å². The van der Waals surface area contributed by atoms with Crippen LogP contribution in [0.25, 0.3) is 0 Å². The fraction of sp³-hybridized carbons (Fsp3) is 0.538. The van der Waals surface area contributed by atoms with Gasteiger partial charge in [-0.3, -0.25) is 4.79 Å². The van der Waals surface area contributed by atoms with Crippen LogP contribution in [-0.4, -0.2) is 25.7 Å². The Morgan fingerprint density at radius 2 is 2.16 bits per heavy atom. The summed E-state index contributed by atoms with van der Waals surface area (Å²) in [5.41, 5.74) is 0. The van der Waals surface area contributed by atoms with Gasteiger partial charge in [0.25, 0.3) is 0 Å². The van der Waals surface area contributed by atoms with Gasteiger partial charge in [0, 0.05) is 11.4 Å². The third-order valence-corrected chi connectivity index (χ3v) is 3.45. The van der Waals surface area contributed by atoms with E-state index in [9.17, 15) is 9.59 Å². The van der Waals surface area contributed by atoms with Crippen molar-refractivity contribution in [2.75, 3.05) is 13.7 Å². The van der Waals surface area contributed by atoms with Crippen LogP contribution < -0.4 is 10.6 Å². The highest BCUT2D eigenvalue weighted by atomic mass is 32.1. The lowest BCUT2D eigenvalue weighted by Gasteiger charge is -2.17. The summed E-state index contributed by atoms with van der Waals surface area (Å²) in [5.74, 6) is 0.0362. The van der Waals surface area contributed by atoms with Crippen LogP contribution in [-0.2, 0) is 9.53 Å². The number of thiophene rings is 1. The minimum absolute atomic E-state index is 0.131. The maximum Gasteiger partial charge on any atom is 0.315 e. The smallest absolute Gasteiger partial charge is 0.315 e. The number of nitrogens with one attached hydrogen (secondary N) is 2. The van der Waals surface area contributed by atoms with E-state index in [1.54, 1.807) is 0 Å². The van der Waals surface area contributed by atoms with Gasteiger partial charge in [0.15, 0.2) is 0 Å². The molecule has 6 heteroatoms. The number of hydrogen-bond acceptors (Lipinski definition) is 4. The molecule has 1 aromatic rings. The quantitative estimate of drug-likeness (QED) is 0.788. The minimum atomic E-state index is -0.348. The van der Waals surface area contributed by atoms with E-state index in [1.807, 2.05) is 31.4 Å². The van der Waals surface area contributed by atoms with Crippen molar-refractivity contribution in [3.05, 3.63) is 22.4 Å². The van der Waals surface area contributed by atoms with Gasteiger partial charge in [-0.25, -0.2) is 4.79 Å². The normalized spacial score (nSPS) is 12.0. The molecule has 1 aromatic heterocycles. The molecule has 0 saturated heterocycles. The standard InChI is InChI=1S/C13H20N2O3S/c1-9(2)8-14-13(17)15-10(7-12(16)18-3)11-5-4-6-19-11/h4-6,9-10H,7-8H2,1-3H3,(H2,14,15,17)/t10-/m0/s1. The molecule has 0 unspecified atom stereocenters. The lowest BCUT2D eigenvalue weighted by molar-refractivity contribution is -0.141. The van der Waals surface area contributed by atoms with Crippen molar-refractivity contribution in [1.82, 2.24) is 10.6 Å². The van der Waals surface area contributed by atoms with Gasteiger partial charge in [0.1, 0.15) is 0 Å². The molecule has 2 N–H and O–H groups in total. The molecule has 0 radical (unpaired) electrons. The summed E-state index contributed by atoms with van der Waals surface area (Å²) in [4.78, 5) is 24.1. The Hall–Kier alpha value is -1.56. The average molecular weight is 284 g/mol. The number of carbonyl (C=O) groups is 2. The van der Waals surface area contributed by atoms with Crippen molar-refractivity contribution in [1.29, 1.82) is 0 Å². The van der Waals surface area contributed by atoms with Crippen LogP contribution >= 0.6 is 11.3 Å². The molecule has 0 saturated carbocycles. The van der Waals surface area contributed by atoms with Gasteiger partial charge in [-0.1, -0.05) is 19.9 Å². The Labute approximate surface area is 117 Å². The Kier molecular flexibility index (Phi) is 6.35. The molecule has 0 fully saturated rings. The fourth-order valence-electron chi connectivity index (χ4n) is 1.47. The number of hydrogen-bond donors (Lipinski definition) is 2. The van der Waals surface area contributed by atoms with Crippen molar-refractivity contribution in [3.63, 3.8) is 0 Å². The first-order chi connectivity index (χ1) is 9.02. The van der Waals surface area contributed by atoms with Gasteiger partial charge in [-0.2, -0.15) is 0 Å². The molecule has 1 atom stereocenters. The van der Waals surface area contributed by atoms with Gasteiger partial charge in [-0.05, 0) is 17.4 Å². The Bertz CT molecular complexity index is 404. The van der Waals surface area contributed by atoms with Crippen molar-refractivity contribution < 1.29 is 14.3 Å². The van der Waals surface area contributed by atoms with Crippen LogP contribution in [0.4, 0.5) is 4.79 Å². The van der Waals surface area contributed by atoms with Crippen molar-refractivity contribution in [2.24, 2.45) is 5.92 Å². The molecule has 106 valence electrons. The Morgan fingerprint density at radius 1 is 1.42 bits per heavy atom. The molecule has 19 heavy (non-hydrogen) atoms. The number of carbonyl (C=O) groups excluding carboxylic acids is 2. The molecule has 0 aliphatic heterocycles. The van der Waals surface area contributed by atoms with E-state index in [2.05, 4.69) is 15.4 Å². The molecule has 0 aliphatic rings. The maximum atomic E-state index is 11.8. The molecular weight excluding hydrogens is 264 g/mol. The number of esters is 1. The summed E-state index contributed by atoms with van der Waals surface area (Å²) in [5, 5.41) is 7.48. The SMILES string of the molecule is COC(=O)C[C@H](NC(=O)NCC(C)C)c1cccs1. The summed E-state index contributed by atoms with van der Waals surface area (Å²) in [7, 11) is 1.34. The second kappa shape index (κ2) is 7.78. The lowest BCUT2D eigenvalue weighted by Crippen LogP contribution is -2.40. The van der Waals surface area contributed by atoms with E-state index in [0.717, 1.165) is 4.88 Å². The maximum absolute atomic E-state index is 11.8. The predicted molar refractivity (Wildman–Crippen MR) is 75.1 cm³/mol. The van der Waals surface area contributed by atoms with E-state index >= 15 is 0 Å². The highest BCUT2D eigenvalue weighted by molar-refractivity contribution is 7.10. The highest BCUT2D eigenvalue weighted by Gasteiger charge is 2.19. The predicted octanol–water partition coefficient (Wildman–Crippen LogP) is 2.31.